The minimum atomic E-state index is -0.972. The number of hydrogen-bond acceptors (Lipinski definition) is 12. The third-order valence-electron chi connectivity index (χ3n) is 14.6. The van der Waals surface area contributed by atoms with Gasteiger partial charge in [0.1, 0.15) is 93.8 Å². The molecule has 0 saturated heterocycles. The summed E-state index contributed by atoms with van der Waals surface area (Å²) in [5.74, 6) is -0.229. The molecular weight excluding hydrogens is 1250 g/mol. The number of carboxylic acid groups (broad SMARTS) is 2. The summed E-state index contributed by atoms with van der Waals surface area (Å²) in [6.45, 7) is 0. The van der Waals surface area contributed by atoms with Gasteiger partial charge < -0.3 is 48.8 Å². The fourth-order valence-corrected chi connectivity index (χ4v) is 10.6. The quantitative estimate of drug-likeness (QED) is 0.0744. The van der Waals surface area contributed by atoms with Crippen molar-refractivity contribution in [3.05, 3.63) is 177 Å². The van der Waals surface area contributed by atoms with Crippen LogP contribution in [0, 0.1) is 34.9 Å². The van der Waals surface area contributed by atoms with Crippen LogP contribution in [0.2, 0.25) is 0 Å². The molecule has 6 aromatic rings. The maximum atomic E-state index is 12.9. The molecule has 0 saturated carbocycles. The number of Topliss-reactive ketones (excluding diaryl/α,β-unsaturated/α-hetero) is 2. The molecule has 24 heteroatoms. The van der Waals surface area contributed by atoms with Crippen molar-refractivity contribution in [3.63, 3.8) is 0 Å². The number of ketones is 2. The first kappa shape index (κ1) is 68.5. The zero-order valence-electron chi connectivity index (χ0n) is 47.0. The number of halogens is 10. The van der Waals surface area contributed by atoms with Crippen LogP contribution < -0.4 is 28.4 Å². The highest BCUT2D eigenvalue weighted by molar-refractivity contribution is 6.28. The number of hydrogen-bond donors (Lipinski definition) is 4. The van der Waals surface area contributed by atoms with Crippen molar-refractivity contribution in [2.75, 3.05) is 23.5 Å². The van der Waals surface area contributed by atoms with Crippen LogP contribution in [0.15, 0.2) is 109 Å². The number of aliphatic carboxylic acids is 2. The minimum absolute atomic E-state index is 0.0405. The van der Waals surface area contributed by atoms with Gasteiger partial charge in [-0.2, -0.15) is 0 Å². The summed E-state index contributed by atoms with van der Waals surface area (Å²) >= 11 is 22.0. The van der Waals surface area contributed by atoms with E-state index < -0.39 is 48.6 Å². The van der Waals surface area contributed by atoms with Crippen molar-refractivity contribution >= 4 is 69.9 Å². The number of alkyl halides is 4. The van der Waals surface area contributed by atoms with E-state index in [1.54, 1.807) is 24.3 Å². The minimum Gasteiger partial charge on any atom is -0.487 e. The maximum Gasteiger partial charge on any atom is 0.344 e. The molecule has 6 aliphatic rings. The van der Waals surface area contributed by atoms with Crippen LogP contribution in [0.4, 0.5) is 26.3 Å². The molecule has 12 rings (SSSR count). The van der Waals surface area contributed by atoms with Crippen molar-refractivity contribution in [2.45, 2.75) is 126 Å². The number of aliphatic hydroxyl groups excluding tert-OH is 2. The summed E-state index contributed by atoms with van der Waals surface area (Å²) in [5.41, 5.74) is 4.81. The Labute approximate surface area is 523 Å². The molecule has 6 aromatic carbocycles. The fraction of sp³-hybridized carbons (Fsp3) is 0.375. The summed E-state index contributed by atoms with van der Waals surface area (Å²) in [6, 6.07) is 25.7. The van der Waals surface area contributed by atoms with E-state index >= 15 is 0 Å². The molecule has 0 bridgehead atoms. The van der Waals surface area contributed by atoms with Gasteiger partial charge in [0.05, 0.1) is 23.5 Å². The number of fused-ring (bicyclic) bond motifs is 6. The van der Waals surface area contributed by atoms with Crippen molar-refractivity contribution in [1.29, 1.82) is 0 Å². The van der Waals surface area contributed by atoms with Gasteiger partial charge in [-0.05, 0) is 220 Å². The van der Waals surface area contributed by atoms with E-state index in [1.807, 2.05) is 0 Å². The molecule has 14 nitrogen and oxygen atoms in total. The Morgan fingerprint density at radius 1 is 0.364 bits per heavy atom. The van der Waals surface area contributed by atoms with Crippen LogP contribution >= 0.6 is 46.4 Å². The second-order valence-corrected chi connectivity index (χ2v) is 22.0. The van der Waals surface area contributed by atoms with Crippen LogP contribution in [-0.4, -0.2) is 116 Å². The molecule has 6 aliphatic heterocycles. The van der Waals surface area contributed by atoms with Crippen LogP contribution in [0.5, 0.6) is 34.5 Å². The van der Waals surface area contributed by atoms with Crippen molar-refractivity contribution < 1.29 is 94.4 Å². The van der Waals surface area contributed by atoms with Gasteiger partial charge in [-0.3, -0.25) is 9.59 Å². The zero-order valence-corrected chi connectivity index (χ0v) is 50.0. The lowest BCUT2D eigenvalue weighted by molar-refractivity contribution is -0.146. The van der Waals surface area contributed by atoms with Crippen LogP contribution in [0.3, 0.4) is 0 Å². The molecule has 0 aromatic heterocycles. The van der Waals surface area contributed by atoms with Gasteiger partial charge in [0, 0.05) is 0 Å². The van der Waals surface area contributed by atoms with Gasteiger partial charge in [-0.15, -0.1) is 46.4 Å². The van der Waals surface area contributed by atoms with Crippen molar-refractivity contribution in [3.8, 4) is 34.5 Å². The molecule has 8 atom stereocenters. The summed E-state index contributed by atoms with van der Waals surface area (Å²) in [7, 11) is 0. The molecule has 0 fully saturated rings. The second-order valence-electron chi connectivity index (χ2n) is 20.8. The van der Waals surface area contributed by atoms with E-state index in [0.717, 1.165) is 33.4 Å². The molecule has 0 aliphatic carbocycles. The van der Waals surface area contributed by atoms with Crippen molar-refractivity contribution in [2.24, 2.45) is 0 Å². The Bertz CT molecular complexity index is 3160. The molecule has 0 unspecified atom stereocenters. The molecule has 0 radical (unpaired) electrons. The van der Waals surface area contributed by atoms with E-state index in [0.29, 0.717) is 112 Å². The smallest absolute Gasteiger partial charge is 0.344 e. The Morgan fingerprint density at radius 2 is 0.580 bits per heavy atom. The van der Waals surface area contributed by atoms with Gasteiger partial charge in [-0.1, -0.05) is 0 Å². The first-order valence-corrected chi connectivity index (χ1v) is 30.1. The molecule has 0 amide bonds. The molecule has 4 N–H and O–H groups in total. The summed E-state index contributed by atoms with van der Waals surface area (Å²) < 4.78 is 109. The van der Waals surface area contributed by atoms with Crippen LogP contribution in [0.1, 0.15) is 71.9 Å². The largest absolute Gasteiger partial charge is 0.487 e. The first-order chi connectivity index (χ1) is 42.1. The average Bonchev–Trinajstić information content (AvgIpc) is 3.66. The normalized spacial score (nSPS) is 20.2. The van der Waals surface area contributed by atoms with Gasteiger partial charge in [0.25, 0.3) is 0 Å². The monoisotopic (exact) mass is 1310 g/mol. The SMILES string of the molecule is O=C(CCl)[C@@H]1CCc2cc(F)ccc2O1.O=C(CCl)[C@H]1CCc2cc(F)ccc2O1.O=C(O)[C@@H]1CCc2cc(F)ccc2O1.O=C(O)[C@H]1CCc2cc(F)ccc2O1.O[C@@H](CCl)[C@@H]1CCc2cc(F)ccc2O1.O[C@H](CCl)[C@@H]1CCc2cc(F)ccc2O1. The first-order valence-electron chi connectivity index (χ1n) is 28.0. The summed E-state index contributed by atoms with van der Waals surface area (Å²) in [6.07, 6.45) is 2.68. The fourth-order valence-electron chi connectivity index (χ4n) is 9.90. The third kappa shape index (κ3) is 19.5. The number of carbonyl (C=O) groups is 4. The van der Waals surface area contributed by atoms with Crippen LogP contribution in [0.25, 0.3) is 0 Å². The summed E-state index contributed by atoms with van der Waals surface area (Å²) in [4.78, 5) is 43.9. The molecule has 472 valence electrons. The Morgan fingerprint density at radius 3 is 0.807 bits per heavy atom. The van der Waals surface area contributed by atoms with E-state index in [2.05, 4.69) is 0 Å². The number of aryl methyl sites for hydroxylation is 6. The Balaban J connectivity index is 0.000000151. The highest BCUT2D eigenvalue weighted by Gasteiger charge is 2.31. The number of carboxylic acids is 2. The van der Waals surface area contributed by atoms with Gasteiger partial charge >= 0.3 is 11.9 Å². The average molecular weight is 1310 g/mol. The highest BCUT2D eigenvalue weighted by Crippen LogP contribution is 2.34. The highest BCUT2D eigenvalue weighted by atomic mass is 35.5. The number of rotatable bonds is 10. The maximum absolute atomic E-state index is 12.9. The van der Waals surface area contributed by atoms with E-state index in [4.69, 9.17) is 85.0 Å². The standard InChI is InChI=1S/2C11H12ClFO2.2C11H10ClFO2.2C10H9FO3/c4*12-6-9(14)11-3-1-7-5-8(13)2-4-10(7)15-11;2*11-7-2-4-8-6(5-7)1-3-9(14-8)10(12)13/h2*2,4-5,9,11,14H,1,3,6H2;2*2,4-5,11H,1,3,6H2;2*2,4-5,9H,1,3H2,(H,12,13)/t9-,11+;9-,11-;2*11-;2*9-/m101010/s1. The predicted octanol–water partition coefficient (Wildman–Crippen LogP) is 12.1. The lowest BCUT2D eigenvalue weighted by atomic mass is 9.99. The second kappa shape index (κ2) is 33.0. The Hall–Kier alpha value is -6.94. The predicted molar refractivity (Wildman–Crippen MR) is 315 cm³/mol. The number of benzene rings is 6. The van der Waals surface area contributed by atoms with E-state index in [9.17, 15) is 55.7 Å². The number of carbonyl (C=O) groups excluding carboxylic acids is 2. The number of ether oxygens (including phenoxy) is 6. The van der Waals surface area contributed by atoms with Gasteiger partial charge in [0.15, 0.2) is 36.0 Å². The zero-order chi connectivity index (χ0) is 63.6. The van der Waals surface area contributed by atoms with Gasteiger partial charge in [-0.25, -0.2) is 35.9 Å². The Kier molecular flexibility index (Phi) is 25.7. The molecule has 0 spiro atoms. The lowest BCUT2D eigenvalue weighted by Gasteiger charge is -2.28. The molecule has 6 heterocycles. The van der Waals surface area contributed by atoms with E-state index in [-0.39, 0.29) is 82.2 Å². The number of aliphatic hydroxyl groups is 2. The van der Waals surface area contributed by atoms with Crippen LogP contribution in [-0.2, 0) is 57.7 Å². The van der Waals surface area contributed by atoms with Crippen molar-refractivity contribution in [1.82, 2.24) is 0 Å². The van der Waals surface area contributed by atoms with E-state index in [1.165, 1.54) is 84.9 Å². The molecule has 88 heavy (non-hydrogen) atoms. The topological polar surface area (TPSA) is 205 Å². The van der Waals surface area contributed by atoms with Gasteiger partial charge in [0.2, 0.25) is 0 Å². The molecular formula is C64H62Cl4F6O14. The lowest BCUT2D eigenvalue weighted by Crippen LogP contribution is -2.36. The third-order valence-corrected chi connectivity index (χ3v) is 15.7. The summed E-state index contributed by atoms with van der Waals surface area (Å²) in [5, 5.41) is 36.5.